The number of aromatic nitrogens is 2. The first-order chi connectivity index (χ1) is 13.2. The molecule has 0 atom stereocenters. The predicted octanol–water partition coefficient (Wildman–Crippen LogP) is 6.27. The molecule has 5 aromatic rings. The highest BCUT2D eigenvalue weighted by molar-refractivity contribution is 6.04. The number of benzene rings is 3. The van der Waals surface area contributed by atoms with E-state index in [1.165, 1.54) is 11.6 Å². The van der Waals surface area contributed by atoms with Crippen LogP contribution in [0, 0.1) is 12.7 Å². The maximum absolute atomic E-state index is 13.9. The van der Waals surface area contributed by atoms with E-state index in [0.29, 0.717) is 0 Å². The predicted molar refractivity (Wildman–Crippen MR) is 108 cm³/mol. The zero-order chi connectivity index (χ0) is 18.4. The lowest BCUT2D eigenvalue weighted by atomic mass is 10.0. The Morgan fingerprint density at radius 1 is 0.815 bits per heavy atom. The van der Waals surface area contributed by atoms with E-state index < -0.39 is 0 Å². The second-order valence-corrected chi connectivity index (χ2v) is 6.81. The van der Waals surface area contributed by atoms with Gasteiger partial charge in [-0.15, -0.1) is 0 Å². The van der Waals surface area contributed by atoms with Crippen LogP contribution in [0.2, 0.25) is 0 Å². The Bertz CT molecular complexity index is 1270. The quantitative estimate of drug-likeness (QED) is 0.366. The Hall–Kier alpha value is -3.46. The Balaban J connectivity index is 1.90. The number of pyridine rings is 1. The van der Waals surface area contributed by atoms with Crippen molar-refractivity contribution in [1.82, 2.24) is 9.61 Å². The highest BCUT2D eigenvalue weighted by atomic mass is 19.1. The summed E-state index contributed by atoms with van der Waals surface area (Å²) < 4.78 is 15.9. The Morgan fingerprint density at radius 2 is 1.59 bits per heavy atom. The summed E-state index contributed by atoms with van der Waals surface area (Å²) in [5.74, 6) is -0.234. The number of fused-ring (bicyclic) bond motifs is 3. The van der Waals surface area contributed by atoms with E-state index in [4.69, 9.17) is 0 Å². The molecule has 0 unspecified atom stereocenters. The fourth-order valence-electron chi connectivity index (χ4n) is 3.63. The van der Waals surface area contributed by atoms with Crippen molar-refractivity contribution in [2.75, 3.05) is 0 Å². The lowest BCUT2D eigenvalue weighted by Gasteiger charge is -2.10. The number of hydrogen-bond acceptors (Lipinski definition) is 1. The van der Waals surface area contributed by atoms with Gasteiger partial charge in [-0.25, -0.2) is 8.91 Å². The summed E-state index contributed by atoms with van der Waals surface area (Å²) in [6.07, 6.45) is 1.90. The lowest BCUT2D eigenvalue weighted by Crippen LogP contribution is -1.95. The summed E-state index contributed by atoms with van der Waals surface area (Å²) in [7, 11) is 0. The molecule has 3 aromatic carbocycles. The standard InChI is InChI=1S/C24H17FN2/c1-16-7-9-17(10-8-16)22-15-26-27-23(18-5-3-2-4-6-18)14-19-13-20(25)11-12-21(19)24(22)27/h2-15H,1H3. The SMILES string of the molecule is Cc1ccc(-c2cnn3c(-c4ccccc4)cc4cc(F)ccc4c23)cc1. The summed E-state index contributed by atoms with van der Waals surface area (Å²) in [6, 6.07) is 25.5. The van der Waals surface area contributed by atoms with Crippen LogP contribution in [-0.4, -0.2) is 9.61 Å². The average Bonchev–Trinajstić information content (AvgIpc) is 3.13. The Labute approximate surface area is 156 Å². The van der Waals surface area contributed by atoms with E-state index in [-0.39, 0.29) is 5.82 Å². The van der Waals surface area contributed by atoms with Crippen LogP contribution in [0.4, 0.5) is 4.39 Å². The van der Waals surface area contributed by atoms with E-state index in [1.807, 2.05) is 53.2 Å². The van der Waals surface area contributed by atoms with Gasteiger partial charge in [-0.1, -0.05) is 60.2 Å². The van der Waals surface area contributed by atoms with Crippen LogP contribution in [0.15, 0.2) is 85.1 Å². The fraction of sp³-hybridized carbons (Fsp3) is 0.0417. The maximum Gasteiger partial charge on any atom is 0.123 e. The van der Waals surface area contributed by atoms with E-state index in [9.17, 15) is 4.39 Å². The second kappa shape index (κ2) is 6.06. The summed E-state index contributed by atoms with van der Waals surface area (Å²) in [6.45, 7) is 2.07. The van der Waals surface area contributed by atoms with Gasteiger partial charge in [0, 0.05) is 16.5 Å². The zero-order valence-electron chi connectivity index (χ0n) is 14.9. The summed E-state index contributed by atoms with van der Waals surface area (Å²) >= 11 is 0. The van der Waals surface area contributed by atoms with Gasteiger partial charge in [-0.3, -0.25) is 0 Å². The van der Waals surface area contributed by atoms with Gasteiger partial charge in [-0.05, 0) is 42.1 Å². The smallest absolute Gasteiger partial charge is 0.123 e. The van der Waals surface area contributed by atoms with Gasteiger partial charge in [0.15, 0.2) is 0 Å². The van der Waals surface area contributed by atoms with Gasteiger partial charge >= 0.3 is 0 Å². The topological polar surface area (TPSA) is 17.3 Å². The summed E-state index contributed by atoms with van der Waals surface area (Å²) in [4.78, 5) is 0. The largest absolute Gasteiger partial charge is 0.232 e. The zero-order valence-corrected chi connectivity index (χ0v) is 14.9. The normalized spacial score (nSPS) is 11.3. The number of halogens is 1. The molecule has 3 heteroatoms. The van der Waals surface area contributed by atoms with Crippen LogP contribution < -0.4 is 0 Å². The molecule has 0 amide bonds. The van der Waals surface area contributed by atoms with E-state index in [1.54, 1.807) is 6.07 Å². The Morgan fingerprint density at radius 3 is 2.37 bits per heavy atom. The number of rotatable bonds is 2. The molecule has 0 bridgehead atoms. The minimum atomic E-state index is -0.234. The first-order valence-electron chi connectivity index (χ1n) is 8.93. The third kappa shape index (κ3) is 2.59. The minimum absolute atomic E-state index is 0.234. The van der Waals surface area contributed by atoms with E-state index in [0.717, 1.165) is 38.7 Å². The van der Waals surface area contributed by atoms with Crippen molar-refractivity contribution in [2.45, 2.75) is 6.92 Å². The van der Waals surface area contributed by atoms with Gasteiger partial charge in [0.05, 0.1) is 17.4 Å². The third-order valence-corrected chi connectivity index (χ3v) is 4.99. The number of hydrogen-bond donors (Lipinski definition) is 0. The van der Waals surface area contributed by atoms with E-state index >= 15 is 0 Å². The molecule has 0 aliphatic rings. The molecular weight excluding hydrogens is 335 g/mol. The second-order valence-electron chi connectivity index (χ2n) is 6.81. The molecule has 5 rings (SSSR count). The highest BCUT2D eigenvalue weighted by Crippen LogP contribution is 2.34. The van der Waals surface area contributed by atoms with Gasteiger partial charge in [0.25, 0.3) is 0 Å². The van der Waals surface area contributed by atoms with Crippen molar-refractivity contribution < 1.29 is 4.39 Å². The molecule has 2 heterocycles. The van der Waals surface area contributed by atoms with Crippen molar-refractivity contribution in [2.24, 2.45) is 0 Å². The van der Waals surface area contributed by atoms with Crippen molar-refractivity contribution in [1.29, 1.82) is 0 Å². The maximum atomic E-state index is 13.9. The fourth-order valence-corrected chi connectivity index (χ4v) is 3.63. The van der Waals surface area contributed by atoms with Gasteiger partial charge in [0.1, 0.15) is 5.82 Å². The van der Waals surface area contributed by atoms with Crippen LogP contribution in [0.1, 0.15) is 5.56 Å². The van der Waals surface area contributed by atoms with Crippen LogP contribution in [0.3, 0.4) is 0 Å². The molecule has 27 heavy (non-hydrogen) atoms. The van der Waals surface area contributed by atoms with Crippen LogP contribution >= 0.6 is 0 Å². The molecule has 0 saturated carbocycles. The third-order valence-electron chi connectivity index (χ3n) is 4.99. The summed E-state index contributed by atoms with van der Waals surface area (Å²) in [5.41, 5.74) is 6.35. The van der Waals surface area contributed by atoms with Crippen LogP contribution in [0.5, 0.6) is 0 Å². The molecule has 0 aliphatic heterocycles. The molecule has 0 N–H and O–H groups in total. The first-order valence-corrected chi connectivity index (χ1v) is 8.93. The van der Waals surface area contributed by atoms with Crippen molar-refractivity contribution in [3.63, 3.8) is 0 Å². The molecule has 2 nitrogen and oxygen atoms in total. The van der Waals surface area contributed by atoms with Crippen molar-refractivity contribution >= 4 is 16.3 Å². The van der Waals surface area contributed by atoms with Gasteiger partial charge in [0.2, 0.25) is 0 Å². The average molecular weight is 352 g/mol. The number of aryl methyl sites for hydroxylation is 1. The highest BCUT2D eigenvalue weighted by Gasteiger charge is 2.15. The molecule has 130 valence electrons. The Kier molecular flexibility index (Phi) is 3.54. The minimum Gasteiger partial charge on any atom is -0.232 e. The van der Waals surface area contributed by atoms with Crippen molar-refractivity contribution in [3.8, 4) is 22.4 Å². The first kappa shape index (κ1) is 15.8. The number of nitrogens with zero attached hydrogens (tertiary/aromatic N) is 2. The lowest BCUT2D eigenvalue weighted by molar-refractivity contribution is 0.630. The summed E-state index contributed by atoms with van der Waals surface area (Å²) in [5, 5.41) is 6.55. The van der Waals surface area contributed by atoms with Gasteiger partial charge in [-0.2, -0.15) is 5.10 Å². The molecular formula is C24H17FN2. The molecule has 2 aromatic heterocycles. The van der Waals surface area contributed by atoms with E-state index in [2.05, 4.69) is 36.3 Å². The molecule has 0 aliphatic carbocycles. The molecule has 0 saturated heterocycles. The molecule has 0 spiro atoms. The van der Waals surface area contributed by atoms with Gasteiger partial charge < -0.3 is 0 Å². The monoisotopic (exact) mass is 352 g/mol. The van der Waals surface area contributed by atoms with Crippen LogP contribution in [-0.2, 0) is 0 Å². The van der Waals surface area contributed by atoms with Crippen molar-refractivity contribution in [3.05, 3.63) is 96.4 Å². The molecule has 0 fully saturated rings. The van der Waals surface area contributed by atoms with Crippen LogP contribution in [0.25, 0.3) is 38.7 Å². The molecule has 0 radical (unpaired) electrons.